The van der Waals surface area contributed by atoms with Crippen molar-refractivity contribution in [2.45, 2.75) is 0 Å². The minimum atomic E-state index is -4.70. The van der Waals surface area contributed by atoms with Gasteiger partial charge in [0, 0.05) is 16.3 Å². The van der Waals surface area contributed by atoms with E-state index in [0.29, 0.717) is 6.29 Å². The number of carbonyl (C=O) groups excluding carboxylic acids is 1. The van der Waals surface area contributed by atoms with E-state index in [-0.39, 0.29) is 27.8 Å². The standard InChI is InChI=1S/C11H9O6P/c12-6-7-2-1-3-8-10(17-18(14,15)16)5-4-9(13)11(7)8/h1-6,13H,(H2,14,15,16). The van der Waals surface area contributed by atoms with Crippen LogP contribution in [0.25, 0.3) is 10.8 Å². The molecule has 18 heavy (non-hydrogen) atoms. The molecule has 0 aromatic heterocycles. The van der Waals surface area contributed by atoms with Crippen molar-refractivity contribution in [3.05, 3.63) is 35.9 Å². The number of phosphoric acid groups is 1. The maximum Gasteiger partial charge on any atom is 0.524 e. The van der Waals surface area contributed by atoms with Gasteiger partial charge in [0.25, 0.3) is 0 Å². The van der Waals surface area contributed by atoms with Crippen LogP contribution < -0.4 is 4.52 Å². The minimum absolute atomic E-state index is 0.0974. The molecule has 0 fully saturated rings. The third kappa shape index (κ3) is 2.36. The fourth-order valence-corrected chi connectivity index (χ4v) is 2.11. The molecule has 2 aromatic carbocycles. The van der Waals surface area contributed by atoms with Crippen LogP contribution in [0.1, 0.15) is 10.4 Å². The molecule has 0 radical (unpaired) electrons. The van der Waals surface area contributed by atoms with Crippen LogP contribution in [-0.4, -0.2) is 21.2 Å². The average Bonchev–Trinajstić information content (AvgIpc) is 2.30. The first kappa shape index (κ1) is 12.6. The third-order valence-electron chi connectivity index (χ3n) is 2.36. The molecular formula is C11H9O6P. The summed E-state index contributed by atoms with van der Waals surface area (Å²) in [6.45, 7) is 0. The molecule has 0 spiro atoms. The van der Waals surface area contributed by atoms with E-state index in [1.165, 1.54) is 30.3 Å². The van der Waals surface area contributed by atoms with Gasteiger partial charge in [-0.3, -0.25) is 14.6 Å². The number of aromatic hydroxyl groups is 1. The lowest BCUT2D eigenvalue weighted by Gasteiger charge is -2.11. The van der Waals surface area contributed by atoms with E-state index in [4.69, 9.17) is 9.79 Å². The van der Waals surface area contributed by atoms with Gasteiger partial charge in [-0.25, -0.2) is 4.57 Å². The monoisotopic (exact) mass is 268 g/mol. The van der Waals surface area contributed by atoms with Crippen molar-refractivity contribution in [3.63, 3.8) is 0 Å². The Morgan fingerprint density at radius 2 is 1.89 bits per heavy atom. The number of fused-ring (bicyclic) bond motifs is 1. The van der Waals surface area contributed by atoms with Crippen LogP contribution in [0.2, 0.25) is 0 Å². The molecule has 3 N–H and O–H groups in total. The number of benzene rings is 2. The zero-order valence-corrected chi connectivity index (χ0v) is 9.87. The van der Waals surface area contributed by atoms with Gasteiger partial charge in [0.15, 0.2) is 6.29 Å². The summed E-state index contributed by atoms with van der Waals surface area (Å²) in [7, 11) is -4.70. The van der Waals surface area contributed by atoms with Crippen molar-refractivity contribution in [2.24, 2.45) is 0 Å². The molecule has 0 bridgehead atoms. The number of carbonyl (C=O) groups is 1. The summed E-state index contributed by atoms with van der Waals surface area (Å²) in [5, 5.41) is 10.1. The number of aldehydes is 1. The zero-order chi connectivity index (χ0) is 13.3. The molecular weight excluding hydrogens is 259 g/mol. The summed E-state index contributed by atoms with van der Waals surface area (Å²) in [6.07, 6.45) is 0.545. The highest BCUT2D eigenvalue weighted by Crippen LogP contribution is 2.43. The van der Waals surface area contributed by atoms with E-state index in [2.05, 4.69) is 4.52 Å². The largest absolute Gasteiger partial charge is 0.524 e. The van der Waals surface area contributed by atoms with Crippen molar-refractivity contribution in [1.29, 1.82) is 0 Å². The summed E-state index contributed by atoms with van der Waals surface area (Å²) in [5.74, 6) is -0.259. The zero-order valence-electron chi connectivity index (χ0n) is 8.98. The molecule has 0 aliphatic heterocycles. The van der Waals surface area contributed by atoms with Gasteiger partial charge < -0.3 is 9.63 Å². The van der Waals surface area contributed by atoms with Gasteiger partial charge in [-0.15, -0.1) is 0 Å². The fraction of sp³-hybridized carbons (Fsp3) is 0. The number of phosphoric ester groups is 1. The van der Waals surface area contributed by atoms with Crippen molar-refractivity contribution in [3.8, 4) is 11.5 Å². The highest BCUT2D eigenvalue weighted by atomic mass is 31.2. The van der Waals surface area contributed by atoms with E-state index in [1.807, 2.05) is 0 Å². The molecule has 2 rings (SSSR count). The van der Waals surface area contributed by atoms with E-state index in [0.717, 1.165) is 0 Å². The topological polar surface area (TPSA) is 104 Å². The second kappa shape index (κ2) is 4.42. The van der Waals surface area contributed by atoms with E-state index < -0.39 is 7.82 Å². The summed E-state index contributed by atoms with van der Waals surface area (Å²) in [6, 6.07) is 6.94. The number of phenolic OH excluding ortho intramolecular Hbond substituents is 1. The molecule has 94 valence electrons. The van der Waals surface area contributed by atoms with Crippen LogP contribution in [0.5, 0.6) is 11.5 Å². The lowest BCUT2D eigenvalue weighted by molar-refractivity contribution is 0.112. The molecule has 2 aromatic rings. The SMILES string of the molecule is O=Cc1cccc2c(OP(=O)(O)O)ccc(O)c12. The maximum absolute atomic E-state index is 10.9. The highest BCUT2D eigenvalue weighted by Gasteiger charge is 2.19. The Kier molecular flexibility index (Phi) is 3.09. The van der Waals surface area contributed by atoms with Crippen LogP contribution >= 0.6 is 7.82 Å². The van der Waals surface area contributed by atoms with Crippen molar-refractivity contribution in [2.75, 3.05) is 0 Å². The maximum atomic E-state index is 10.9. The molecule has 6 nitrogen and oxygen atoms in total. The van der Waals surface area contributed by atoms with Crippen LogP contribution in [-0.2, 0) is 4.57 Å². The molecule has 0 heterocycles. The van der Waals surface area contributed by atoms with Gasteiger partial charge in [0.1, 0.15) is 11.5 Å². The lowest BCUT2D eigenvalue weighted by atomic mass is 10.0. The molecule has 0 unspecified atom stereocenters. The Morgan fingerprint density at radius 1 is 1.17 bits per heavy atom. The molecule has 0 aliphatic carbocycles. The van der Waals surface area contributed by atoms with E-state index in [9.17, 15) is 14.5 Å². The predicted molar refractivity (Wildman–Crippen MR) is 63.7 cm³/mol. The molecule has 0 saturated heterocycles. The predicted octanol–water partition coefficient (Wildman–Crippen LogP) is 1.83. The number of hydrogen-bond acceptors (Lipinski definition) is 4. The number of rotatable bonds is 3. The summed E-state index contributed by atoms with van der Waals surface area (Å²) >= 11 is 0. The first-order valence-electron chi connectivity index (χ1n) is 4.87. The highest BCUT2D eigenvalue weighted by molar-refractivity contribution is 7.46. The van der Waals surface area contributed by atoms with Gasteiger partial charge in [-0.05, 0) is 12.1 Å². The van der Waals surface area contributed by atoms with Crippen LogP contribution in [0.3, 0.4) is 0 Å². The molecule has 0 saturated carbocycles. The Morgan fingerprint density at radius 3 is 2.50 bits per heavy atom. The van der Waals surface area contributed by atoms with Gasteiger partial charge >= 0.3 is 7.82 Å². The Bertz CT molecular complexity index is 660. The van der Waals surface area contributed by atoms with Crippen LogP contribution in [0, 0.1) is 0 Å². The number of hydrogen-bond donors (Lipinski definition) is 3. The van der Waals surface area contributed by atoms with Crippen molar-refractivity contribution < 1.29 is 28.8 Å². The lowest BCUT2D eigenvalue weighted by Crippen LogP contribution is -1.92. The average molecular weight is 268 g/mol. The summed E-state index contributed by atoms with van der Waals surface area (Å²) in [5.41, 5.74) is 0.209. The first-order valence-corrected chi connectivity index (χ1v) is 6.40. The smallest absolute Gasteiger partial charge is 0.507 e. The molecule has 7 heteroatoms. The summed E-state index contributed by atoms with van der Waals surface area (Å²) in [4.78, 5) is 28.4. The molecule has 0 amide bonds. The quantitative estimate of drug-likeness (QED) is 0.579. The summed E-state index contributed by atoms with van der Waals surface area (Å²) < 4.78 is 15.3. The van der Waals surface area contributed by atoms with Gasteiger partial charge in [0.05, 0.1) is 0 Å². The van der Waals surface area contributed by atoms with Gasteiger partial charge in [-0.2, -0.15) is 0 Å². The minimum Gasteiger partial charge on any atom is -0.507 e. The molecule has 0 aliphatic rings. The first-order chi connectivity index (χ1) is 8.42. The van der Waals surface area contributed by atoms with Crippen molar-refractivity contribution in [1.82, 2.24) is 0 Å². The second-order valence-corrected chi connectivity index (χ2v) is 4.72. The van der Waals surface area contributed by atoms with Gasteiger partial charge in [-0.1, -0.05) is 18.2 Å². The van der Waals surface area contributed by atoms with Crippen molar-refractivity contribution >= 4 is 24.9 Å². The second-order valence-electron chi connectivity index (χ2n) is 3.55. The van der Waals surface area contributed by atoms with Crippen LogP contribution in [0.15, 0.2) is 30.3 Å². The fourth-order valence-electron chi connectivity index (χ4n) is 1.70. The van der Waals surface area contributed by atoms with Crippen LogP contribution in [0.4, 0.5) is 0 Å². The Labute approximate surface area is 102 Å². The number of phenols is 1. The Balaban J connectivity index is 2.75. The third-order valence-corrected chi connectivity index (χ3v) is 2.79. The van der Waals surface area contributed by atoms with Gasteiger partial charge in [0.2, 0.25) is 0 Å². The van der Waals surface area contributed by atoms with E-state index >= 15 is 0 Å². The normalized spacial score (nSPS) is 11.4. The Hall–Kier alpha value is -1.88. The van der Waals surface area contributed by atoms with E-state index in [1.54, 1.807) is 0 Å². The molecule has 0 atom stereocenters.